The smallest absolute Gasteiger partial charge is 0.273 e. The zero-order valence-electron chi connectivity index (χ0n) is 17.3. The zero-order valence-corrected chi connectivity index (χ0v) is 17.3. The Bertz CT molecular complexity index is 931. The van der Waals surface area contributed by atoms with Crippen LogP contribution in [0.1, 0.15) is 34.6 Å². The molecule has 6 nitrogen and oxygen atoms in total. The number of nitrogens with one attached hydrogen (secondary N) is 1. The normalized spacial score (nSPS) is 12.0. The number of benzene rings is 2. The summed E-state index contributed by atoms with van der Waals surface area (Å²) in [6.45, 7) is 5.08. The number of hydrogen-bond acceptors (Lipinski definition) is 5. The molecule has 0 unspecified atom stereocenters. The Labute approximate surface area is 171 Å². The number of hydrogen-bond donors (Lipinski definition) is 1. The fourth-order valence-corrected chi connectivity index (χ4v) is 3.07. The van der Waals surface area contributed by atoms with E-state index in [9.17, 15) is 4.79 Å². The maximum atomic E-state index is 12.6. The van der Waals surface area contributed by atoms with Crippen LogP contribution in [0.2, 0.25) is 0 Å². The van der Waals surface area contributed by atoms with E-state index in [2.05, 4.69) is 46.6 Å². The van der Waals surface area contributed by atoms with Gasteiger partial charge >= 0.3 is 0 Å². The highest BCUT2D eigenvalue weighted by atomic mass is 16.5. The number of aromatic nitrogens is 1. The first-order valence-corrected chi connectivity index (χ1v) is 9.69. The van der Waals surface area contributed by atoms with Gasteiger partial charge in [-0.3, -0.25) is 4.79 Å². The summed E-state index contributed by atoms with van der Waals surface area (Å²) >= 11 is 0. The standard InChI is InChI=1S/C23H27N3O3/c1-5-28-19-12-10-18(11-13-19)22-14-20(25-29-22)23(27)24-15-21(26(3)4)17-8-6-16(2)7-9-17/h6-14,21H,5,15H2,1-4H3,(H,24,27)/t21-/m0/s1. The van der Waals surface area contributed by atoms with Gasteiger partial charge in [-0.05, 0) is 57.8 Å². The molecule has 3 rings (SSSR count). The van der Waals surface area contributed by atoms with E-state index in [1.165, 1.54) is 5.56 Å². The summed E-state index contributed by atoms with van der Waals surface area (Å²) < 4.78 is 10.8. The van der Waals surface area contributed by atoms with Gasteiger partial charge in [-0.2, -0.15) is 0 Å². The Morgan fingerprint density at radius 2 is 1.83 bits per heavy atom. The lowest BCUT2D eigenvalue weighted by Gasteiger charge is -2.25. The van der Waals surface area contributed by atoms with E-state index in [0.29, 0.717) is 18.9 Å². The number of rotatable bonds is 8. The van der Waals surface area contributed by atoms with Crippen molar-refractivity contribution in [2.24, 2.45) is 0 Å². The van der Waals surface area contributed by atoms with Crippen LogP contribution in [0.25, 0.3) is 11.3 Å². The minimum Gasteiger partial charge on any atom is -0.494 e. The second-order valence-electron chi connectivity index (χ2n) is 7.13. The van der Waals surface area contributed by atoms with Gasteiger partial charge in [0.15, 0.2) is 11.5 Å². The topological polar surface area (TPSA) is 67.6 Å². The van der Waals surface area contributed by atoms with Gasteiger partial charge in [0.1, 0.15) is 5.75 Å². The van der Waals surface area contributed by atoms with Crippen LogP contribution in [-0.4, -0.2) is 43.2 Å². The molecule has 0 aliphatic heterocycles. The molecule has 0 fully saturated rings. The first-order valence-electron chi connectivity index (χ1n) is 9.69. The van der Waals surface area contributed by atoms with Crippen LogP contribution < -0.4 is 10.1 Å². The van der Waals surface area contributed by atoms with Crippen LogP contribution in [0.15, 0.2) is 59.1 Å². The van der Waals surface area contributed by atoms with Gasteiger partial charge < -0.3 is 19.5 Å². The van der Waals surface area contributed by atoms with Gasteiger partial charge in [0, 0.05) is 18.2 Å². The lowest BCUT2D eigenvalue weighted by Crippen LogP contribution is -2.34. The summed E-state index contributed by atoms with van der Waals surface area (Å²) in [6, 6.07) is 17.5. The number of likely N-dealkylation sites (N-methyl/N-ethyl adjacent to an activating group) is 1. The van der Waals surface area contributed by atoms with Gasteiger partial charge in [-0.1, -0.05) is 35.0 Å². The molecule has 1 heterocycles. The van der Waals surface area contributed by atoms with Crippen molar-refractivity contribution in [3.8, 4) is 17.1 Å². The fraction of sp³-hybridized carbons (Fsp3) is 0.304. The largest absolute Gasteiger partial charge is 0.494 e. The second kappa shape index (κ2) is 9.39. The van der Waals surface area contributed by atoms with Gasteiger partial charge in [-0.25, -0.2) is 0 Å². The van der Waals surface area contributed by atoms with E-state index >= 15 is 0 Å². The lowest BCUT2D eigenvalue weighted by molar-refractivity contribution is 0.0933. The summed E-state index contributed by atoms with van der Waals surface area (Å²) in [5, 5.41) is 6.89. The highest BCUT2D eigenvalue weighted by molar-refractivity contribution is 5.93. The van der Waals surface area contributed by atoms with Crippen LogP contribution in [0.3, 0.4) is 0 Å². The molecule has 6 heteroatoms. The molecule has 1 atom stereocenters. The third kappa shape index (κ3) is 5.23. The van der Waals surface area contributed by atoms with Crippen LogP contribution >= 0.6 is 0 Å². The van der Waals surface area contributed by atoms with E-state index in [1.54, 1.807) is 6.07 Å². The van der Waals surface area contributed by atoms with Crippen molar-refractivity contribution < 1.29 is 14.1 Å². The molecule has 0 spiro atoms. The predicted octanol–water partition coefficient (Wildman–Crippen LogP) is 4.08. The van der Waals surface area contributed by atoms with E-state index in [4.69, 9.17) is 9.26 Å². The van der Waals surface area contributed by atoms with E-state index < -0.39 is 0 Å². The molecule has 0 aliphatic rings. The minimum absolute atomic E-state index is 0.0667. The first kappa shape index (κ1) is 20.6. The molecule has 1 aromatic heterocycles. The van der Waals surface area contributed by atoms with Crippen molar-refractivity contribution >= 4 is 5.91 Å². The maximum Gasteiger partial charge on any atom is 0.273 e. The van der Waals surface area contributed by atoms with Gasteiger partial charge in [0.2, 0.25) is 0 Å². The molecule has 0 saturated heterocycles. The summed E-state index contributed by atoms with van der Waals surface area (Å²) in [6.07, 6.45) is 0. The van der Waals surface area contributed by atoms with Crippen LogP contribution in [0.5, 0.6) is 5.75 Å². The van der Waals surface area contributed by atoms with E-state index in [0.717, 1.165) is 16.9 Å². The average molecular weight is 393 g/mol. The molecule has 1 amide bonds. The van der Waals surface area contributed by atoms with E-state index in [-0.39, 0.29) is 17.6 Å². The third-order valence-electron chi connectivity index (χ3n) is 4.73. The number of amides is 1. The first-order chi connectivity index (χ1) is 14.0. The Morgan fingerprint density at radius 3 is 2.45 bits per heavy atom. The Hall–Kier alpha value is -3.12. The third-order valence-corrected chi connectivity index (χ3v) is 4.73. The second-order valence-corrected chi connectivity index (χ2v) is 7.13. The highest BCUT2D eigenvalue weighted by Gasteiger charge is 2.18. The van der Waals surface area contributed by atoms with Gasteiger partial charge in [-0.15, -0.1) is 0 Å². The molecule has 152 valence electrons. The van der Waals surface area contributed by atoms with E-state index in [1.807, 2.05) is 45.3 Å². The summed E-state index contributed by atoms with van der Waals surface area (Å²) in [5.74, 6) is 1.07. The molecular weight excluding hydrogens is 366 g/mol. The van der Waals surface area contributed by atoms with Crippen molar-refractivity contribution in [3.05, 3.63) is 71.4 Å². The van der Waals surface area contributed by atoms with Crippen molar-refractivity contribution in [2.45, 2.75) is 19.9 Å². The molecule has 0 radical (unpaired) electrons. The van der Waals surface area contributed by atoms with Crippen molar-refractivity contribution in [1.82, 2.24) is 15.4 Å². The number of nitrogens with zero attached hydrogens (tertiary/aromatic N) is 2. The van der Waals surface area contributed by atoms with Crippen LogP contribution in [0, 0.1) is 6.92 Å². The quantitative estimate of drug-likeness (QED) is 0.625. The monoisotopic (exact) mass is 393 g/mol. The Kier molecular flexibility index (Phi) is 6.67. The number of ether oxygens (including phenoxy) is 1. The van der Waals surface area contributed by atoms with Crippen LogP contribution in [-0.2, 0) is 0 Å². The zero-order chi connectivity index (χ0) is 20.8. The molecule has 0 bridgehead atoms. The number of carbonyl (C=O) groups is 1. The molecular formula is C23H27N3O3. The fourth-order valence-electron chi connectivity index (χ4n) is 3.07. The molecule has 1 N–H and O–H groups in total. The molecule has 0 aliphatic carbocycles. The average Bonchev–Trinajstić information content (AvgIpc) is 3.20. The minimum atomic E-state index is -0.259. The molecule has 29 heavy (non-hydrogen) atoms. The summed E-state index contributed by atoms with van der Waals surface area (Å²) in [4.78, 5) is 14.7. The number of aryl methyl sites for hydroxylation is 1. The molecule has 3 aromatic rings. The number of carbonyl (C=O) groups excluding carboxylic acids is 1. The van der Waals surface area contributed by atoms with Crippen molar-refractivity contribution in [2.75, 3.05) is 27.2 Å². The summed E-state index contributed by atoms with van der Waals surface area (Å²) in [7, 11) is 3.99. The Balaban J connectivity index is 1.65. The summed E-state index contributed by atoms with van der Waals surface area (Å²) in [5.41, 5.74) is 3.46. The van der Waals surface area contributed by atoms with Crippen molar-refractivity contribution in [1.29, 1.82) is 0 Å². The maximum absolute atomic E-state index is 12.6. The SMILES string of the molecule is CCOc1ccc(-c2cc(C(=O)NC[C@@H](c3ccc(C)cc3)N(C)C)no2)cc1. The molecule has 0 saturated carbocycles. The lowest BCUT2D eigenvalue weighted by atomic mass is 10.0. The Morgan fingerprint density at radius 1 is 1.14 bits per heavy atom. The van der Waals surface area contributed by atoms with Crippen LogP contribution in [0.4, 0.5) is 0 Å². The van der Waals surface area contributed by atoms with Gasteiger partial charge in [0.25, 0.3) is 5.91 Å². The van der Waals surface area contributed by atoms with Crippen molar-refractivity contribution in [3.63, 3.8) is 0 Å². The predicted molar refractivity (Wildman–Crippen MR) is 113 cm³/mol. The highest BCUT2D eigenvalue weighted by Crippen LogP contribution is 2.23. The van der Waals surface area contributed by atoms with Gasteiger partial charge in [0.05, 0.1) is 12.6 Å². The molecule has 2 aromatic carbocycles.